The summed E-state index contributed by atoms with van der Waals surface area (Å²) in [6.45, 7) is 15.3. The number of esters is 1. The highest BCUT2D eigenvalue weighted by Gasteiger charge is 2.50. The summed E-state index contributed by atoms with van der Waals surface area (Å²) in [6.07, 6.45) is 3.83. The minimum atomic E-state index is -0.459. The molecule has 2 heterocycles. The van der Waals surface area contributed by atoms with Crippen molar-refractivity contribution in [1.29, 1.82) is 0 Å². The summed E-state index contributed by atoms with van der Waals surface area (Å²) < 4.78 is 11.2. The fraction of sp³-hybridized carbons (Fsp3) is 0.724. The number of likely N-dealkylation sites (N-methyl/N-ethyl adjacent to an activating group) is 1. The number of amides is 1. The summed E-state index contributed by atoms with van der Waals surface area (Å²) in [5.41, 5.74) is 2.20. The fourth-order valence-electron chi connectivity index (χ4n) is 6.07. The average Bonchev–Trinajstić information content (AvgIpc) is 2.80. The van der Waals surface area contributed by atoms with E-state index in [1.807, 2.05) is 45.6 Å². The summed E-state index contributed by atoms with van der Waals surface area (Å²) >= 11 is 0. The number of nitrogens with one attached hydrogen (secondary N) is 1. The molecule has 7 nitrogen and oxygen atoms in total. The lowest BCUT2D eigenvalue weighted by Gasteiger charge is -2.55. The zero-order chi connectivity index (χ0) is 26.3. The maximum Gasteiger partial charge on any atom is 0.410 e. The highest BCUT2D eigenvalue weighted by Crippen LogP contribution is 2.46. The first-order chi connectivity index (χ1) is 16.9. The van der Waals surface area contributed by atoms with E-state index in [1.165, 1.54) is 11.1 Å². The van der Waals surface area contributed by atoms with Gasteiger partial charge in [0.25, 0.3) is 0 Å². The second-order valence-electron chi connectivity index (χ2n) is 12.6. The van der Waals surface area contributed by atoms with Crippen LogP contribution in [-0.4, -0.2) is 72.8 Å². The van der Waals surface area contributed by atoms with E-state index >= 15 is 0 Å². The normalized spacial score (nSPS) is 27.1. The van der Waals surface area contributed by atoms with Crippen LogP contribution >= 0.6 is 0 Å². The maximum atomic E-state index is 12.4. The smallest absolute Gasteiger partial charge is 0.410 e. The van der Waals surface area contributed by atoms with E-state index in [-0.39, 0.29) is 23.4 Å². The first kappa shape index (κ1) is 26.9. The molecule has 0 spiro atoms. The summed E-state index contributed by atoms with van der Waals surface area (Å²) in [6, 6.07) is 6.98. The maximum absolute atomic E-state index is 12.4. The van der Waals surface area contributed by atoms with Gasteiger partial charge in [0.05, 0.1) is 5.92 Å². The van der Waals surface area contributed by atoms with Crippen molar-refractivity contribution in [3.05, 3.63) is 29.3 Å². The third kappa shape index (κ3) is 5.72. The second-order valence-corrected chi connectivity index (χ2v) is 12.6. The fourth-order valence-corrected chi connectivity index (χ4v) is 6.07. The van der Waals surface area contributed by atoms with E-state index in [2.05, 4.69) is 36.3 Å². The Bertz CT molecular complexity index is 964. The Morgan fingerprint density at radius 1 is 1.17 bits per heavy atom. The summed E-state index contributed by atoms with van der Waals surface area (Å²) in [7, 11) is 2.24. The number of carbonyl (C=O) groups is 2. The molecule has 2 bridgehead atoms. The van der Waals surface area contributed by atoms with E-state index in [4.69, 9.17) is 9.47 Å². The molecule has 0 saturated carbocycles. The number of piperidine rings is 2. The molecule has 1 aliphatic carbocycles. The van der Waals surface area contributed by atoms with Crippen LogP contribution < -0.4 is 10.1 Å². The number of rotatable bonds is 5. The van der Waals surface area contributed by atoms with Crippen molar-refractivity contribution in [2.24, 2.45) is 11.8 Å². The summed E-state index contributed by atoms with van der Waals surface area (Å²) in [5, 5.41) is 3.98. The van der Waals surface area contributed by atoms with Gasteiger partial charge < -0.3 is 24.6 Å². The monoisotopic (exact) mass is 499 g/mol. The van der Waals surface area contributed by atoms with Gasteiger partial charge in [-0.25, -0.2) is 4.79 Å². The molecular weight excluding hydrogens is 454 g/mol. The van der Waals surface area contributed by atoms with Gasteiger partial charge in [0.1, 0.15) is 11.4 Å². The van der Waals surface area contributed by atoms with Crippen molar-refractivity contribution >= 4 is 12.1 Å². The molecule has 4 rings (SSSR count). The Hall–Kier alpha value is -2.12. The van der Waals surface area contributed by atoms with Crippen molar-refractivity contribution in [2.75, 3.05) is 33.2 Å². The summed E-state index contributed by atoms with van der Waals surface area (Å²) in [4.78, 5) is 29.0. The summed E-state index contributed by atoms with van der Waals surface area (Å²) in [5.74, 6) is 0.849. The van der Waals surface area contributed by atoms with Gasteiger partial charge in [-0.15, -0.1) is 0 Å². The van der Waals surface area contributed by atoms with Crippen LogP contribution in [0, 0.1) is 11.8 Å². The molecular formula is C29H45N3O4. The predicted molar refractivity (Wildman–Crippen MR) is 141 cm³/mol. The number of carbonyl (C=O) groups excluding carboxylic acids is 2. The third-order valence-corrected chi connectivity index (χ3v) is 8.33. The zero-order valence-electron chi connectivity index (χ0n) is 23.2. The van der Waals surface area contributed by atoms with Crippen molar-refractivity contribution in [3.8, 4) is 5.75 Å². The van der Waals surface area contributed by atoms with Crippen LogP contribution in [-0.2, 0) is 21.4 Å². The zero-order valence-corrected chi connectivity index (χ0v) is 23.2. The van der Waals surface area contributed by atoms with Gasteiger partial charge in [-0.2, -0.15) is 0 Å². The van der Waals surface area contributed by atoms with Crippen LogP contribution in [0.15, 0.2) is 18.2 Å². The third-order valence-electron chi connectivity index (χ3n) is 8.33. The molecule has 2 saturated heterocycles. The van der Waals surface area contributed by atoms with Crippen molar-refractivity contribution in [1.82, 2.24) is 15.1 Å². The largest absolute Gasteiger partial charge is 0.444 e. The van der Waals surface area contributed by atoms with Crippen molar-refractivity contribution in [2.45, 2.75) is 90.3 Å². The molecule has 36 heavy (non-hydrogen) atoms. The lowest BCUT2D eigenvalue weighted by molar-refractivity contribution is -0.137. The van der Waals surface area contributed by atoms with Crippen molar-refractivity contribution < 1.29 is 19.1 Å². The van der Waals surface area contributed by atoms with Crippen LogP contribution in [0.5, 0.6) is 5.75 Å². The van der Waals surface area contributed by atoms with Crippen LogP contribution in [0.1, 0.15) is 71.9 Å². The molecule has 7 heteroatoms. The topological polar surface area (TPSA) is 71.1 Å². The minimum Gasteiger partial charge on any atom is -0.444 e. The van der Waals surface area contributed by atoms with Gasteiger partial charge >= 0.3 is 12.1 Å². The molecule has 3 atom stereocenters. The number of likely N-dealkylation sites (tertiary alicyclic amines) is 2. The van der Waals surface area contributed by atoms with E-state index in [0.717, 1.165) is 51.9 Å². The quantitative estimate of drug-likeness (QED) is 0.479. The molecule has 1 unspecified atom stereocenters. The van der Waals surface area contributed by atoms with Gasteiger partial charge in [0.15, 0.2) is 0 Å². The molecule has 0 radical (unpaired) electrons. The Morgan fingerprint density at radius 3 is 2.50 bits per heavy atom. The molecule has 3 aliphatic rings. The molecule has 1 amide bonds. The van der Waals surface area contributed by atoms with E-state index in [9.17, 15) is 9.59 Å². The van der Waals surface area contributed by atoms with Crippen molar-refractivity contribution in [3.63, 3.8) is 0 Å². The van der Waals surface area contributed by atoms with Gasteiger partial charge in [0, 0.05) is 30.6 Å². The number of nitrogens with zero attached hydrogens (tertiary/aromatic N) is 2. The van der Waals surface area contributed by atoms with Gasteiger partial charge in [-0.1, -0.05) is 26.8 Å². The van der Waals surface area contributed by atoms with E-state index < -0.39 is 5.60 Å². The molecule has 1 aromatic rings. The van der Waals surface area contributed by atoms with Crippen LogP contribution in [0.2, 0.25) is 0 Å². The standard InChI is InChI=1S/C29H45N3O4/c1-19(2)26(33)35-22-9-8-21-16-24-25(29(6,23(21)17-22)12-15-31(24)7)30-18-20-10-13-32(14-11-20)27(34)36-28(3,4)5/h8-9,17,19-20,24-25,30H,10-16,18H2,1-7H3/t24?,25-,29-/m1/s1. The first-order valence-electron chi connectivity index (χ1n) is 13.6. The molecule has 2 aliphatic heterocycles. The lowest BCUT2D eigenvalue weighted by Crippen LogP contribution is -2.66. The van der Waals surface area contributed by atoms with Gasteiger partial charge in [-0.05, 0) is 95.8 Å². The Balaban J connectivity index is 1.43. The first-order valence-corrected chi connectivity index (χ1v) is 13.6. The Morgan fingerprint density at radius 2 is 1.86 bits per heavy atom. The van der Waals surface area contributed by atoms with Crippen LogP contribution in [0.25, 0.3) is 0 Å². The lowest BCUT2D eigenvalue weighted by atomic mass is 9.61. The van der Waals surface area contributed by atoms with Crippen LogP contribution in [0.4, 0.5) is 4.79 Å². The van der Waals surface area contributed by atoms with E-state index in [0.29, 0.717) is 23.8 Å². The second kappa shape index (κ2) is 10.3. The minimum absolute atomic E-state index is 0.0256. The highest BCUT2D eigenvalue weighted by molar-refractivity contribution is 5.74. The number of hydrogen-bond acceptors (Lipinski definition) is 6. The number of hydrogen-bond donors (Lipinski definition) is 1. The number of benzene rings is 1. The Labute approximate surface area is 216 Å². The molecule has 200 valence electrons. The Kier molecular flexibility index (Phi) is 7.73. The van der Waals surface area contributed by atoms with E-state index in [1.54, 1.807) is 0 Å². The average molecular weight is 500 g/mol. The molecule has 1 aromatic carbocycles. The molecule has 1 N–H and O–H groups in total. The highest BCUT2D eigenvalue weighted by atomic mass is 16.6. The molecule has 0 aromatic heterocycles. The SMILES string of the molecule is CC(C)C(=O)Oc1ccc2c(c1)[C@@]1(C)CCN(C)C(C2)[C@H]1NCC1CCN(C(=O)OC(C)(C)C)CC1. The van der Waals surface area contributed by atoms with Gasteiger partial charge in [0.2, 0.25) is 0 Å². The molecule has 2 fully saturated rings. The number of fused-ring (bicyclic) bond motifs is 4. The van der Waals surface area contributed by atoms with Crippen LogP contribution in [0.3, 0.4) is 0 Å². The van der Waals surface area contributed by atoms with Gasteiger partial charge in [-0.3, -0.25) is 4.79 Å². The predicted octanol–water partition coefficient (Wildman–Crippen LogP) is 4.37. The number of ether oxygens (including phenoxy) is 2.